The summed E-state index contributed by atoms with van der Waals surface area (Å²) in [4.78, 5) is 2.44. The number of likely N-dealkylation sites (tertiary alicyclic amines) is 1. The second-order valence-corrected chi connectivity index (χ2v) is 5.20. The van der Waals surface area contributed by atoms with Crippen LogP contribution in [0.3, 0.4) is 0 Å². The van der Waals surface area contributed by atoms with E-state index >= 15 is 0 Å². The van der Waals surface area contributed by atoms with E-state index < -0.39 is 0 Å². The molecule has 2 N–H and O–H groups in total. The molecule has 16 heavy (non-hydrogen) atoms. The van der Waals surface area contributed by atoms with Crippen molar-refractivity contribution in [3.05, 3.63) is 0 Å². The molecule has 0 aromatic carbocycles. The fourth-order valence-electron chi connectivity index (χ4n) is 1.99. The Labute approximate surface area is 106 Å². The van der Waals surface area contributed by atoms with Crippen molar-refractivity contribution in [2.75, 3.05) is 26.2 Å². The van der Waals surface area contributed by atoms with E-state index in [0.29, 0.717) is 12.0 Å². The zero-order chi connectivity index (χ0) is 11.3. The van der Waals surface area contributed by atoms with E-state index in [9.17, 15) is 0 Å². The molecule has 0 saturated carbocycles. The molecule has 0 aromatic heterocycles. The third-order valence-electron chi connectivity index (χ3n) is 2.75. The molecule has 1 atom stereocenters. The van der Waals surface area contributed by atoms with Crippen molar-refractivity contribution in [3.8, 4) is 0 Å². The Morgan fingerprint density at radius 2 is 1.81 bits per heavy atom. The van der Waals surface area contributed by atoms with Crippen LogP contribution in [0.2, 0.25) is 0 Å². The predicted octanol–water partition coefficient (Wildman–Crippen LogP) is 1.89. The number of hydrogen-bond acceptors (Lipinski definition) is 3. The third-order valence-corrected chi connectivity index (χ3v) is 2.75. The summed E-state index contributed by atoms with van der Waals surface area (Å²) in [7, 11) is 0. The lowest BCUT2D eigenvalue weighted by Crippen LogP contribution is -2.42. The van der Waals surface area contributed by atoms with E-state index in [1.807, 2.05) is 0 Å². The van der Waals surface area contributed by atoms with Crippen LogP contribution in [0.15, 0.2) is 0 Å². The van der Waals surface area contributed by atoms with Crippen LogP contribution in [-0.2, 0) is 4.74 Å². The lowest BCUT2D eigenvalue weighted by molar-refractivity contribution is -0.00501. The summed E-state index contributed by atoms with van der Waals surface area (Å²) in [6.45, 7) is 10.7. The minimum atomic E-state index is 0. The molecule has 0 amide bonds. The minimum absolute atomic E-state index is 0. The van der Waals surface area contributed by atoms with Gasteiger partial charge in [0.25, 0.3) is 0 Å². The molecule has 1 fully saturated rings. The van der Waals surface area contributed by atoms with Crippen molar-refractivity contribution < 1.29 is 4.74 Å². The second kappa shape index (κ2) is 8.29. The van der Waals surface area contributed by atoms with Gasteiger partial charge in [0.2, 0.25) is 0 Å². The monoisotopic (exact) mass is 250 g/mol. The maximum Gasteiger partial charge on any atom is 0.0599 e. The van der Waals surface area contributed by atoms with Crippen LogP contribution in [0.4, 0.5) is 0 Å². The quantitative estimate of drug-likeness (QED) is 0.810. The zero-order valence-electron chi connectivity index (χ0n) is 10.8. The van der Waals surface area contributed by atoms with Crippen LogP contribution < -0.4 is 5.73 Å². The molecule has 1 heterocycles. The van der Waals surface area contributed by atoms with Gasteiger partial charge < -0.3 is 15.4 Å². The van der Waals surface area contributed by atoms with Gasteiger partial charge >= 0.3 is 0 Å². The molecule has 1 saturated heterocycles. The molecule has 0 spiro atoms. The number of rotatable bonds is 5. The van der Waals surface area contributed by atoms with E-state index in [4.69, 9.17) is 10.5 Å². The molecule has 4 heteroatoms. The molecule has 0 radical (unpaired) electrons. The van der Waals surface area contributed by atoms with E-state index in [0.717, 1.165) is 26.2 Å². The summed E-state index contributed by atoms with van der Waals surface area (Å²) in [5.74, 6) is 0.645. The van der Waals surface area contributed by atoms with Gasteiger partial charge in [-0.25, -0.2) is 0 Å². The molecule has 0 bridgehead atoms. The van der Waals surface area contributed by atoms with Gasteiger partial charge in [-0.05, 0) is 25.7 Å². The molecule has 1 unspecified atom stereocenters. The second-order valence-electron chi connectivity index (χ2n) is 5.20. The van der Waals surface area contributed by atoms with Gasteiger partial charge in [-0.2, -0.15) is 0 Å². The van der Waals surface area contributed by atoms with Crippen LogP contribution in [0.5, 0.6) is 0 Å². The lowest BCUT2D eigenvalue weighted by Gasteiger charge is -2.33. The Morgan fingerprint density at radius 3 is 2.25 bits per heavy atom. The van der Waals surface area contributed by atoms with E-state index in [1.165, 1.54) is 12.8 Å². The average Bonchev–Trinajstić information content (AvgIpc) is 2.16. The van der Waals surface area contributed by atoms with Crippen molar-refractivity contribution in [1.29, 1.82) is 0 Å². The maximum absolute atomic E-state index is 5.84. The Morgan fingerprint density at radius 1 is 1.25 bits per heavy atom. The molecule has 3 nitrogen and oxygen atoms in total. The van der Waals surface area contributed by atoms with Crippen LogP contribution in [0, 0.1) is 5.92 Å². The molecule has 1 aliphatic rings. The van der Waals surface area contributed by atoms with Gasteiger partial charge in [-0.3, -0.25) is 0 Å². The molecule has 98 valence electrons. The molecule has 0 aliphatic carbocycles. The van der Waals surface area contributed by atoms with Gasteiger partial charge in [-0.1, -0.05) is 13.8 Å². The van der Waals surface area contributed by atoms with Gasteiger partial charge in [-0.15, -0.1) is 12.4 Å². The number of nitrogens with two attached hydrogens (primary N) is 1. The van der Waals surface area contributed by atoms with Crippen molar-refractivity contribution in [2.45, 2.75) is 45.8 Å². The van der Waals surface area contributed by atoms with Crippen LogP contribution in [0.25, 0.3) is 0 Å². The highest BCUT2D eigenvalue weighted by atomic mass is 35.5. The van der Waals surface area contributed by atoms with Crippen LogP contribution >= 0.6 is 12.4 Å². The summed E-state index contributed by atoms with van der Waals surface area (Å²) in [6, 6.07) is 0.290. The van der Waals surface area contributed by atoms with Gasteiger partial charge in [0.1, 0.15) is 0 Å². The molecule has 0 aromatic rings. The molecular weight excluding hydrogens is 224 g/mol. The van der Waals surface area contributed by atoms with Crippen molar-refractivity contribution >= 4 is 12.4 Å². The summed E-state index contributed by atoms with van der Waals surface area (Å²) in [5, 5.41) is 0. The number of nitrogens with zero attached hydrogens (tertiary/aromatic N) is 1. The van der Waals surface area contributed by atoms with Crippen molar-refractivity contribution in [3.63, 3.8) is 0 Å². The Balaban J connectivity index is 0.00000225. The fraction of sp³-hybridized carbons (Fsp3) is 1.00. The predicted molar refractivity (Wildman–Crippen MR) is 71.1 cm³/mol. The first-order valence-corrected chi connectivity index (χ1v) is 6.17. The van der Waals surface area contributed by atoms with E-state index in [2.05, 4.69) is 25.7 Å². The zero-order valence-corrected chi connectivity index (χ0v) is 11.6. The van der Waals surface area contributed by atoms with Gasteiger partial charge in [0.15, 0.2) is 0 Å². The SMILES string of the molecule is CC(C)COC1CCN(CC(C)N)CC1.Cl. The number of halogens is 1. The topological polar surface area (TPSA) is 38.5 Å². The largest absolute Gasteiger partial charge is 0.378 e. The summed E-state index contributed by atoms with van der Waals surface area (Å²) in [6.07, 6.45) is 2.82. The number of piperidine rings is 1. The van der Waals surface area contributed by atoms with Crippen molar-refractivity contribution in [2.24, 2.45) is 11.7 Å². The van der Waals surface area contributed by atoms with Crippen molar-refractivity contribution in [1.82, 2.24) is 4.90 Å². The first-order chi connectivity index (χ1) is 7.08. The highest BCUT2D eigenvalue weighted by molar-refractivity contribution is 5.85. The molecule has 1 rings (SSSR count). The summed E-state index contributed by atoms with van der Waals surface area (Å²) in [5.41, 5.74) is 5.78. The van der Waals surface area contributed by atoms with Crippen LogP contribution in [0.1, 0.15) is 33.6 Å². The Kier molecular flexibility index (Phi) is 8.38. The first-order valence-electron chi connectivity index (χ1n) is 6.17. The summed E-state index contributed by atoms with van der Waals surface area (Å²) < 4.78 is 5.84. The summed E-state index contributed by atoms with van der Waals surface area (Å²) >= 11 is 0. The van der Waals surface area contributed by atoms with E-state index in [-0.39, 0.29) is 18.4 Å². The molecular formula is C12H27ClN2O. The minimum Gasteiger partial charge on any atom is -0.378 e. The number of hydrogen-bond donors (Lipinski definition) is 1. The highest BCUT2D eigenvalue weighted by Gasteiger charge is 2.20. The van der Waals surface area contributed by atoms with E-state index in [1.54, 1.807) is 0 Å². The van der Waals surface area contributed by atoms with Gasteiger partial charge in [0, 0.05) is 32.3 Å². The lowest BCUT2D eigenvalue weighted by atomic mass is 10.1. The Hall–Kier alpha value is 0.170. The first kappa shape index (κ1) is 16.2. The normalized spacial score (nSPS) is 20.8. The van der Waals surface area contributed by atoms with Gasteiger partial charge in [0.05, 0.1) is 6.10 Å². The van der Waals surface area contributed by atoms with Crippen LogP contribution in [-0.4, -0.2) is 43.3 Å². The maximum atomic E-state index is 5.84. The Bertz CT molecular complexity index is 168. The average molecular weight is 251 g/mol. The third kappa shape index (κ3) is 6.69. The smallest absolute Gasteiger partial charge is 0.0599 e. The standard InChI is InChI=1S/C12H26N2O.ClH/c1-10(2)9-15-12-4-6-14(7-5-12)8-11(3)13;/h10-12H,4-9,13H2,1-3H3;1H. The molecule has 1 aliphatic heterocycles. The fourth-order valence-corrected chi connectivity index (χ4v) is 1.99. The highest BCUT2D eigenvalue weighted by Crippen LogP contribution is 2.14. The number of ether oxygens (including phenoxy) is 1.